The molecule has 1 atom stereocenters. The van der Waals surface area contributed by atoms with Crippen LogP contribution < -0.4 is 10.1 Å². The molecule has 1 aromatic rings. The SMILES string of the molecule is CCC(C)NC(=O)CCCOc1ccc(Cl)cc1C. The third kappa shape index (κ3) is 5.97. The first-order chi connectivity index (χ1) is 9.02. The van der Waals surface area contributed by atoms with Crippen LogP contribution in [-0.4, -0.2) is 18.6 Å². The molecule has 1 rings (SSSR count). The van der Waals surface area contributed by atoms with Crippen LogP contribution in [0, 0.1) is 6.92 Å². The van der Waals surface area contributed by atoms with Crippen LogP contribution in [-0.2, 0) is 4.79 Å². The molecule has 0 bridgehead atoms. The summed E-state index contributed by atoms with van der Waals surface area (Å²) in [6.07, 6.45) is 2.16. The van der Waals surface area contributed by atoms with Gasteiger partial charge >= 0.3 is 0 Å². The molecular formula is C15H22ClNO2. The van der Waals surface area contributed by atoms with Gasteiger partial charge in [-0.15, -0.1) is 0 Å². The second-order valence-electron chi connectivity index (χ2n) is 4.74. The Morgan fingerprint density at radius 3 is 2.84 bits per heavy atom. The molecule has 0 aromatic heterocycles. The minimum Gasteiger partial charge on any atom is -0.493 e. The lowest BCUT2D eigenvalue weighted by molar-refractivity contribution is -0.121. The number of halogens is 1. The van der Waals surface area contributed by atoms with Crippen LogP contribution in [0.4, 0.5) is 0 Å². The molecule has 1 aromatic carbocycles. The number of rotatable bonds is 7. The number of hydrogen-bond donors (Lipinski definition) is 1. The Morgan fingerprint density at radius 1 is 1.47 bits per heavy atom. The first-order valence-electron chi connectivity index (χ1n) is 6.71. The van der Waals surface area contributed by atoms with Gasteiger partial charge in [0.1, 0.15) is 5.75 Å². The second kappa shape index (κ2) is 8.05. The fourth-order valence-electron chi connectivity index (χ4n) is 1.64. The average Bonchev–Trinajstić information content (AvgIpc) is 2.36. The molecule has 1 N–H and O–H groups in total. The summed E-state index contributed by atoms with van der Waals surface area (Å²) in [5, 5.41) is 3.64. The van der Waals surface area contributed by atoms with Gasteiger partial charge in [-0.05, 0) is 50.5 Å². The van der Waals surface area contributed by atoms with Gasteiger partial charge in [-0.1, -0.05) is 18.5 Å². The summed E-state index contributed by atoms with van der Waals surface area (Å²) < 4.78 is 5.63. The van der Waals surface area contributed by atoms with Gasteiger partial charge in [-0.2, -0.15) is 0 Å². The van der Waals surface area contributed by atoms with Crippen molar-refractivity contribution in [2.75, 3.05) is 6.61 Å². The van der Waals surface area contributed by atoms with Crippen LogP contribution in [0.5, 0.6) is 5.75 Å². The molecule has 0 heterocycles. The van der Waals surface area contributed by atoms with Crippen molar-refractivity contribution < 1.29 is 9.53 Å². The lowest BCUT2D eigenvalue weighted by Gasteiger charge is -2.12. The number of carbonyl (C=O) groups excluding carboxylic acids is 1. The zero-order chi connectivity index (χ0) is 14.3. The summed E-state index contributed by atoms with van der Waals surface area (Å²) in [5.41, 5.74) is 1.01. The van der Waals surface area contributed by atoms with E-state index in [0.717, 1.165) is 17.7 Å². The van der Waals surface area contributed by atoms with Gasteiger partial charge in [0.05, 0.1) is 6.61 Å². The summed E-state index contributed by atoms with van der Waals surface area (Å²) in [6.45, 7) is 6.55. The zero-order valence-corrected chi connectivity index (χ0v) is 12.6. The van der Waals surface area contributed by atoms with Crippen molar-refractivity contribution >= 4 is 17.5 Å². The van der Waals surface area contributed by atoms with E-state index in [2.05, 4.69) is 12.2 Å². The standard InChI is InChI=1S/C15H22ClNO2/c1-4-12(3)17-15(18)6-5-9-19-14-8-7-13(16)10-11(14)2/h7-8,10,12H,4-6,9H2,1-3H3,(H,17,18). The lowest BCUT2D eigenvalue weighted by atomic mass is 10.2. The van der Waals surface area contributed by atoms with Gasteiger partial charge in [-0.25, -0.2) is 0 Å². The third-order valence-corrected chi connectivity index (χ3v) is 3.20. The van der Waals surface area contributed by atoms with Crippen molar-refractivity contribution in [1.29, 1.82) is 0 Å². The molecule has 0 aliphatic heterocycles. The molecule has 0 fully saturated rings. The van der Waals surface area contributed by atoms with Crippen LogP contribution in [0.1, 0.15) is 38.7 Å². The van der Waals surface area contributed by atoms with Crippen molar-refractivity contribution in [3.63, 3.8) is 0 Å². The van der Waals surface area contributed by atoms with E-state index in [-0.39, 0.29) is 11.9 Å². The Labute approximate surface area is 120 Å². The molecular weight excluding hydrogens is 262 g/mol. The van der Waals surface area contributed by atoms with Gasteiger partial charge in [0.25, 0.3) is 0 Å². The fraction of sp³-hybridized carbons (Fsp3) is 0.533. The van der Waals surface area contributed by atoms with Gasteiger partial charge in [0.15, 0.2) is 0 Å². The molecule has 0 aliphatic rings. The van der Waals surface area contributed by atoms with Crippen molar-refractivity contribution in [3.8, 4) is 5.75 Å². The lowest BCUT2D eigenvalue weighted by Crippen LogP contribution is -2.31. The van der Waals surface area contributed by atoms with E-state index >= 15 is 0 Å². The predicted molar refractivity (Wildman–Crippen MR) is 78.8 cm³/mol. The van der Waals surface area contributed by atoms with Crippen molar-refractivity contribution in [3.05, 3.63) is 28.8 Å². The van der Waals surface area contributed by atoms with Crippen LogP contribution >= 0.6 is 11.6 Å². The highest BCUT2D eigenvalue weighted by Crippen LogP contribution is 2.21. The van der Waals surface area contributed by atoms with E-state index in [0.29, 0.717) is 24.5 Å². The maximum Gasteiger partial charge on any atom is 0.220 e. The summed E-state index contributed by atoms with van der Waals surface area (Å²) in [6, 6.07) is 5.77. The number of ether oxygens (including phenoxy) is 1. The summed E-state index contributed by atoms with van der Waals surface area (Å²) >= 11 is 5.87. The smallest absolute Gasteiger partial charge is 0.220 e. The molecule has 19 heavy (non-hydrogen) atoms. The molecule has 1 amide bonds. The number of carbonyl (C=O) groups is 1. The molecule has 3 nitrogen and oxygen atoms in total. The van der Waals surface area contributed by atoms with E-state index in [4.69, 9.17) is 16.3 Å². The summed E-state index contributed by atoms with van der Waals surface area (Å²) in [7, 11) is 0. The Kier molecular flexibility index (Phi) is 6.71. The highest BCUT2D eigenvalue weighted by atomic mass is 35.5. The Hall–Kier alpha value is -1.22. The number of hydrogen-bond acceptors (Lipinski definition) is 2. The minimum absolute atomic E-state index is 0.0887. The van der Waals surface area contributed by atoms with E-state index in [1.54, 1.807) is 6.07 Å². The van der Waals surface area contributed by atoms with E-state index in [1.165, 1.54) is 0 Å². The minimum atomic E-state index is 0.0887. The second-order valence-corrected chi connectivity index (χ2v) is 5.18. The fourth-order valence-corrected chi connectivity index (χ4v) is 1.87. The number of aryl methyl sites for hydroxylation is 1. The molecule has 0 aliphatic carbocycles. The van der Waals surface area contributed by atoms with Crippen LogP contribution in [0.2, 0.25) is 5.02 Å². The molecule has 0 saturated carbocycles. The van der Waals surface area contributed by atoms with Gasteiger partial charge in [-0.3, -0.25) is 4.79 Å². The number of benzene rings is 1. The quantitative estimate of drug-likeness (QED) is 0.775. The Morgan fingerprint density at radius 2 is 2.21 bits per heavy atom. The molecule has 106 valence electrons. The highest BCUT2D eigenvalue weighted by Gasteiger charge is 2.05. The summed E-state index contributed by atoms with van der Waals surface area (Å²) in [4.78, 5) is 11.6. The Bertz CT molecular complexity index is 421. The predicted octanol–water partition coefficient (Wildman–Crippen LogP) is 3.72. The topological polar surface area (TPSA) is 38.3 Å². The maximum absolute atomic E-state index is 11.6. The van der Waals surface area contributed by atoms with Gasteiger partial charge < -0.3 is 10.1 Å². The van der Waals surface area contributed by atoms with Gasteiger partial charge in [0.2, 0.25) is 5.91 Å². The van der Waals surface area contributed by atoms with E-state index in [9.17, 15) is 4.79 Å². The molecule has 4 heteroatoms. The van der Waals surface area contributed by atoms with Crippen molar-refractivity contribution in [2.24, 2.45) is 0 Å². The zero-order valence-electron chi connectivity index (χ0n) is 11.8. The van der Waals surface area contributed by atoms with Crippen LogP contribution in [0.3, 0.4) is 0 Å². The first kappa shape index (κ1) is 15.8. The van der Waals surface area contributed by atoms with E-state index in [1.807, 2.05) is 26.0 Å². The van der Waals surface area contributed by atoms with Crippen molar-refractivity contribution in [1.82, 2.24) is 5.32 Å². The number of nitrogens with one attached hydrogen (secondary N) is 1. The normalized spacial score (nSPS) is 12.0. The average molecular weight is 284 g/mol. The summed E-state index contributed by atoms with van der Waals surface area (Å²) in [5.74, 6) is 0.914. The third-order valence-electron chi connectivity index (χ3n) is 2.96. The molecule has 1 unspecified atom stereocenters. The first-order valence-corrected chi connectivity index (χ1v) is 7.09. The highest BCUT2D eigenvalue weighted by molar-refractivity contribution is 6.30. The monoisotopic (exact) mass is 283 g/mol. The maximum atomic E-state index is 11.6. The molecule has 0 saturated heterocycles. The molecule has 0 spiro atoms. The van der Waals surface area contributed by atoms with Crippen LogP contribution in [0.25, 0.3) is 0 Å². The van der Waals surface area contributed by atoms with Crippen LogP contribution in [0.15, 0.2) is 18.2 Å². The van der Waals surface area contributed by atoms with Crippen molar-refractivity contribution in [2.45, 2.75) is 46.1 Å². The number of amides is 1. The Balaban J connectivity index is 2.25. The molecule has 0 radical (unpaired) electrons. The van der Waals surface area contributed by atoms with Gasteiger partial charge in [0, 0.05) is 17.5 Å². The van der Waals surface area contributed by atoms with E-state index < -0.39 is 0 Å². The largest absolute Gasteiger partial charge is 0.493 e.